The van der Waals surface area contributed by atoms with E-state index < -0.39 is 39.5 Å². The third-order valence-electron chi connectivity index (χ3n) is 12.4. The van der Waals surface area contributed by atoms with E-state index in [-0.39, 0.29) is 82.2 Å². The van der Waals surface area contributed by atoms with E-state index in [2.05, 4.69) is 66.5 Å². The third-order valence-corrected chi connectivity index (χ3v) is 12.4. The number of aromatic nitrogens is 12. The number of anilines is 1. The summed E-state index contributed by atoms with van der Waals surface area (Å²) in [5.74, 6) is -2.85. The van der Waals surface area contributed by atoms with Crippen LogP contribution in [0.25, 0.3) is 34.4 Å². The van der Waals surface area contributed by atoms with Crippen LogP contribution in [0.1, 0.15) is 108 Å². The van der Waals surface area contributed by atoms with Crippen LogP contribution in [0.15, 0.2) is 106 Å². The van der Waals surface area contributed by atoms with Crippen LogP contribution in [0.5, 0.6) is 17.6 Å². The van der Waals surface area contributed by atoms with Crippen LogP contribution in [0.4, 0.5) is 17.1 Å². The number of ether oxygens (including phenoxy) is 3. The van der Waals surface area contributed by atoms with Crippen molar-refractivity contribution < 1.29 is 76.3 Å². The van der Waals surface area contributed by atoms with E-state index in [0.29, 0.717) is 92.1 Å². The smallest absolute Gasteiger partial charge is 0.357 e. The van der Waals surface area contributed by atoms with Gasteiger partial charge in [-0.1, -0.05) is 0 Å². The minimum absolute atomic E-state index is 0.0793. The summed E-state index contributed by atoms with van der Waals surface area (Å²) < 4.78 is 36.4. The van der Waals surface area contributed by atoms with Gasteiger partial charge >= 0.3 is 23.3 Å². The van der Waals surface area contributed by atoms with Gasteiger partial charge in [0.2, 0.25) is 46.7 Å². The molecule has 0 atom stereocenters. The minimum Gasteiger partial charge on any atom is -0.478 e. The van der Waals surface area contributed by atoms with Crippen molar-refractivity contribution in [2.24, 2.45) is 21.1 Å². The summed E-state index contributed by atoms with van der Waals surface area (Å²) in [5, 5.41) is 62.2. The van der Waals surface area contributed by atoms with Crippen LogP contribution < -0.4 is 35.5 Å². The van der Waals surface area contributed by atoms with Gasteiger partial charge in [0, 0.05) is 100 Å². The number of carboxylic acids is 2. The molecule has 9 aromatic heterocycles. The topological polar surface area (TPSA) is 475 Å². The number of pyridine rings is 3. The van der Waals surface area contributed by atoms with E-state index in [1.165, 1.54) is 59.2 Å². The average molecular weight is 1260 g/mol. The van der Waals surface area contributed by atoms with Gasteiger partial charge in [-0.3, -0.25) is 53.5 Å². The van der Waals surface area contributed by atoms with Gasteiger partial charge in [-0.2, -0.15) is 15.3 Å². The number of rotatable bonds is 20. The van der Waals surface area contributed by atoms with E-state index in [1.807, 2.05) is 0 Å². The lowest BCUT2D eigenvalue weighted by Gasteiger charge is -2.08. The third kappa shape index (κ3) is 18.1. The van der Waals surface area contributed by atoms with Crippen molar-refractivity contribution in [3.8, 4) is 52.0 Å². The highest BCUT2D eigenvalue weighted by molar-refractivity contribution is 6.07. The van der Waals surface area contributed by atoms with Crippen molar-refractivity contribution in [3.05, 3.63) is 147 Å². The zero-order valence-electron chi connectivity index (χ0n) is 48.5. The molecule has 1 aliphatic rings. The number of amides is 4. The number of nitro groups is 2. The van der Waals surface area contributed by atoms with Crippen molar-refractivity contribution >= 4 is 52.6 Å². The lowest BCUT2D eigenvalue weighted by atomic mass is 10.2. The van der Waals surface area contributed by atoms with E-state index in [0.717, 1.165) is 31.8 Å². The lowest BCUT2D eigenvalue weighted by Crippen LogP contribution is -2.26. The van der Waals surface area contributed by atoms with Gasteiger partial charge < -0.3 is 58.9 Å². The Morgan fingerprint density at radius 1 is 0.626 bits per heavy atom. The molecular formula is C55H56N18O18. The molecule has 0 fully saturated rings. The molecule has 10 heterocycles. The van der Waals surface area contributed by atoms with Crippen LogP contribution in [0.2, 0.25) is 0 Å². The first kappa shape index (κ1) is 64.7. The molecule has 10 rings (SSSR count). The van der Waals surface area contributed by atoms with E-state index in [1.54, 1.807) is 55.8 Å². The summed E-state index contributed by atoms with van der Waals surface area (Å²) in [6.45, 7) is 2.20. The monoisotopic (exact) mass is 1260 g/mol. The molecule has 36 nitrogen and oxygen atoms in total. The zero-order chi connectivity index (χ0) is 65.0. The lowest BCUT2D eigenvalue weighted by molar-refractivity contribution is -0.385. The minimum atomic E-state index is -1.19. The fourth-order valence-corrected chi connectivity index (χ4v) is 8.11. The molecular weight excluding hydrogens is 1200 g/mol. The van der Waals surface area contributed by atoms with Crippen molar-refractivity contribution in [3.63, 3.8) is 0 Å². The maximum absolute atomic E-state index is 12.6. The number of aromatic carboxylic acids is 2. The number of carbonyl (C=O) groups is 6. The number of hydrogen-bond acceptors (Lipinski definition) is 25. The van der Waals surface area contributed by atoms with E-state index >= 15 is 0 Å². The quantitative estimate of drug-likeness (QED) is 0.0318. The highest BCUT2D eigenvalue weighted by atomic mass is 16.6. The normalized spacial score (nSPS) is 12.1. The number of nitrogens with one attached hydrogen (secondary N) is 4. The summed E-state index contributed by atoms with van der Waals surface area (Å²) in [6, 6.07) is 9.80. The second kappa shape index (κ2) is 30.9. The summed E-state index contributed by atoms with van der Waals surface area (Å²) in [5.41, 5.74) is 0.639. The molecule has 4 amide bonds. The number of unbranched alkanes of at least 4 members (excludes halogenated alkanes) is 2. The average Bonchev–Trinajstić information content (AvgIpc) is 1.89. The van der Waals surface area contributed by atoms with E-state index in [9.17, 15) is 49.0 Å². The fourth-order valence-electron chi connectivity index (χ4n) is 8.11. The number of nitrogens with zero attached hydrogens (tertiary/aromatic N) is 14. The first-order valence-electron chi connectivity index (χ1n) is 27.5. The number of fused-ring (bicyclic) bond motifs is 6. The van der Waals surface area contributed by atoms with Gasteiger partial charge in [0.05, 0.1) is 35.4 Å². The van der Waals surface area contributed by atoms with Gasteiger partial charge in [-0.05, 0) is 63.1 Å². The van der Waals surface area contributed by atoms with Crippen LogP contribution in [0.3, 0.4) is 0 Å². The van der Waals surface area contributed by atoms with Crippen LogP contribution in [-0.2, 0) is 21.1 Å². The predicted molar refractivity (Wildman–Crippen MR) is 310 cm³/mol. The summed E-state index contributed by atoms with van der Waals surface area (Å²) in [7, 11) is 4.67. The molecule has 1 aliphatic heterocycles. The largest absolute Gasteiger partial charge is 0.478 e. The van der Waals surface area contributed by atoms with Gasteiger partial charge in [-0.15, -0.1) is 0 Å². The predicted octanol–water partition coefficient (Wildman–Crippen LogP) is 5.35. The Morgan fingerprint density at radius 3 is 1.64 bits per heavy atom. The Balaban J connectivity index is 0.000000176. The van der Waals surface area contributed by atoms with Crippen LogP contribution in [0, 0.1) is 20.2 Å². The Kier molecular flexibility index (Phi) is 22.0. The fraction of sp³-hybridized carbons (Fsp3) is 0.291. The molecule has 36 heteroatoms. The van der Waals surface area contributed by atoms with Gasteiger partial charge in [0.15, 0.2) is 22.8 Å². The molecule has 0 aliphatic carbocycles. The Hall–Kier alpha value is -12.3. The summed E-state index contributed by atoms with van der Waals surface area (Å²) >= 11 is 0. The molecule has 4 bridgehead atoms. The molecule has 9 aromatic rings. The first-order chi connectivity index (χ1) is 43.8. The maximum atomic E-state index is 12.6. The first-order valence-corrected chi connectivity index (χ1v) is 27.5. The van der Waals surface area contributed by atoms with Crippen LogP contribution in [-0.4, -0.2) is 154 Å². The number of carbonyl (C=O) groups excluding carboxylic acids is 4. The second-order valence-corrected chi connectivity index (χ2v) is 19.3. The van der Waals surface area contributed by atoms with Gasteiger partial charge in [0.1, 0.15) is 31.2 Å². The number of carboxylic acid groups (broad SMARTS) is 2. The summed E-state index contributed by atoms with van der Waals surface area (Å²) in [6.07, 6.45) is 16.6. The molecule has 0 saturated carbocycles. The van der Waals surface area contributed by atoms with Crippen molar-refractivity contribution in [2.45, 2.75) is 44.9 Å². The molecule has 0 spiro atoms. The van der Waals surface area contributed by atoms with Gasteiger partial charge in [-0.25, -0.2) is 39.5 Å². The second-order valence-electron chi connectivity index (χ2n) is 19.3. The zero-order valence-corrected chi connectivity index (χ0v) is 48.5. The summed E-state index contributed by atoms with van der Waals surface area (Å²) in [4.78, 5) is 116. The molecule has 0 unspecified atom stereocenters. The molecule has 0 aromatic carbocycles. The van der Waals surface area contributed by atoms with E-state index in [4.69, 9.17) is 37.7 Å². The molecule has 0 saturated heterocycles. The van der Waals surface area contributed by atoms with Crippen molar-refractivity contribution in [1.29, 1.82) is 0 Å². The number of aryl methyl sites for hydroxylation is 3. The Bertz CT molecular complexity index is 3900. The molecule has 91 heavy (non-hydrogen) atoms. The SMILES string of the molecule is Cn1cc([N+](=O)[O-])c(C(=O)NCCCCOc2cc(-c3nc(C(=O)O)co3)ccn2)n1.Cn1cc([N+](=O)[O-])c(C(=O)NCCCCOc2cc(-c3nc(C(=O)O)co3)ccn2)n1.Cn1cc2c(n1)C(=O)NCCCCCOc1cc(ccn1)-c1nc(co1)C(=O)N2. The van der Waals surface area contributed by atoms with Crippen molar-refractivity contribution in [2.75, 3.05) is 44.8 Å². The molecule has 474 valence electrons. The standard InChI is InChI=1S/C19H20N6O4.2C18H18N6O7/c1-25-10-13-16(24-25)18(27)21-6-3-2-4-8-28-15-9-12(5-7-20-15)19-23-14(11-29-19)17(26)22-13;2*1-23-9-13(24(28)29)15(22-23)16(25)20-5-2-3-7-30-14-8-11(4-6-19-14)17-21-12(10-31-17)18(26)27/h5,7,9-11H,2-4,6,8H2,1H3,(H,21,27)(H,22,26);2*4,6,8-10H,2-3,5,7H2,1H3,(H,20,25)(H,26,27). The Morgan fingerprint density at radius 2 is 1.12 bits per heavy atom. The van der Waals surface area contributed by atoms with Crippen molar-refractivity contribution in [1.82, 2.24) is 75.2 Å². The number of hydrogen-bond donors (Lipinski definition) is 6. The van der Waals surface area contributed by atoms with Crippen LogP contribution >= 0.6 is 0 Å². The van der Waals surface area contributed by atoms with Gasteiger partial charge in [0.25, 0.3) is 23.6 Å². The molecule has 0 radical (unpaired) electrons. The Labute approximate surface area is 512 Å². The number of oxazole rings is 3. The maximum Gasteiger partial charge on any atom is 0.357 e. The molecule has 6 N–H and O–H groups in total. The highest BCUT2D eigenvalue weighted by Crippen LogP contribution is 2.26. The highest BCUT2D eigenvalue weighted by Gasteiger charge is 2.27.